The SMILES string of the molecule is CCOC(=O)[C@H](CNC(=O)CNC(=O)C(CCC1CCN(C(=O)O)CC1)CCC1CCN(C(=O)OC(C)(C)C)CC1)NS(=O)(=O)c1ccc(-c2ccccc2)s1. The Kier molecular flexibility index (Phi) is 16.5. The van der Waals surface area contributed by atoms with Gasteiger partial charge in [-0.1, -0.05) is 30.3 Å². The molecule has 2 aliphatic rings. The molecule has 0 bridgehead atoms. The van der Waals surface area contributed by atoms with Crippen molar-refractivity contribution >= 4 is 51.3 Å². The summed E-state index contributed by atoms with van der Waals surface area (Å²) in [5.41, 5.74) is 0.271. The van der Waals surface area contributed by atoms with Gasteiger partial charge in [0.15, 0.2) is 0 Å². The van der Waals surface area contributed by atoms with Crippen molar-refractivity contribution in [1.29, 1.82) is 0 Å². The van der Waals surface area contributed by atoms with Crippen LogP contribution in [0.25, 0.3) is 10.4 Å². The Morgan fingerprint density at radius 1 is 0.875 bits per heavy atom. The van der Waals surface area contributed by atoms with Crippen molar-refractivity contribution in [2.24, 2.45) is 17.8 Å². The van der Waals surface area contributed by atoms with Crippen molar-refractivity contribution in [2.45, 2.75) is 94.9 Å². The Morgan fingerprint density at radius 2 is 1.46 bits per heavy atom. The number of esters is 1. The molecule has 1 unspecified atom stereocenters. The molecule has 4 N–H and O–H groups in total. The van der Waals surface area contributed by atoms with Crippen LogP contribution in [0.2, 0.25) is 0 Å². The lowest BCUT2D eigenvalue weighted by Crippen LogP contribution is -2.50. The van der Waals surface area contributed by atoms with Crippen LogP contribution < -0.4 is 15.4 Å². The topological polar surface area (TPSA) is 201 Å². The molecule has 1 aromatic heterocycles. The fraction of sp³-hybridized carbons (Fsp3) is 0.615. The van der Waals surface area contributed by atoms with E-state index in [-0.39, 0.29) is 35.3 Å². The highest BCUT2D eigenvalue weighted by Gasteiger charge is 2.31. The van der Waals surface area contributed by atoms with Crippen molar-refractivity contribution in [3.05, 3.63) is 42.5 Å². The van der Waals surface area contributed by atoms with Crippen molar-refractivity contribution in [2.75, 3.05) is 45.9 Å². The largest absolute Gasteiger partial charge is 0.465 e. The van der Waals surface area contributed by atoms with Crippen LogP contribution in [0.3, 0.4) is 0 Å². The molecule has 0 radical (unpaired) electrons. The molecule has 2 atom stereocenters. The normalized spacial score (nSPS) is 16.8. The van der Waals surface area contributed by atoms with E-state index in [9.17, 15) is 37.5 Å². The Morgan fingerprint density at radius 3 is 2.02 bits per heavy atom. The molecule has 4 amide bonds. The van der Waals surface area contributed by atoms with E-state index in [1.807, 2.05) is 51.1 Å². The van der Waals surface area contributed by atoms with E-state index in [0.29, 0.717) is 44.9 Å². The second-order valence-electron chi connectivity index (χ2n) is 15.4. The number of hydrogen-bond acceptors (Lipinski definition) is 10. The van der Waals surface area contributed by atoms with Crippen LogP contribution in [0.4, 0.5) is 9.59 Å². The minimum Gasteiger partial charge on any atom is -0.465 e. The number of hydrogen-bond donors (Lipinski definition) is 4. The van der Waals surface area contributed by atoms with Crippen LogP contribution >= 0.6 is 11.3 Å². The summed E-state index contributed by atoms with van der Waals surface area (Å²) >= 11 is 1.04. The van der Waals surface area contributed by atoms with E-state index in [4.69, 9.17) is 9.47 Å². The lowest BCUT2D eigenvalue weighted by atomic mass is 9.84. The molecule has 2 aromatic rings. The highest BCUT2D eigenvalue weighted by Crippen LogP contribution is 2.31. The van der Waals surface area contributed by atoms with Gasteiger partial charge < -0.3 is 35.0 Å². The Bertz CT molecular complexity index is 1730. The summed E-state index contributed by atoms with van der Waals surface area (Å²) in [6.07, 6.45) is 4.43. The zero-order valence-electron chi connectivity index (χ0n) is 32.8. The highest BCUT2D eigenvalue weighted by molar-refractivity contribution is 7.91. The third-order valence-electron chi connectivity index (χ3n) is 10.1. The number of carboxylic acid groups (broad SMARTS) is 1. The van der Waals surface area contributed by atoms with Crippen molar-refractivity contribution in [3.63, 3.8) is 0 Å². The van der Waals surface area contributed by atoms with Crippen LogP contribution in [0.1, 0.15) is 79.1 Å². The maximum absolute atomic E-state index is 13.6. The maximum Gasteiger partial charge on any atom is 0.410 e. The van der Waals surface area contributed by atoms with Gasteiger partial charge in [-0.15, -0.1) is 11.3 Å². The van der Waals surface area contributed by atoms with Gasteiger partial charge >= 0.3 is 18.2 Å². The standard InChI is InChI=1S/C39H57N5O10S2/c1-5-53-36(47)31(42-56(51,52)34-16-15-32(55-34)29-9-7-6-8-10-29)25-40-33(45)26-41-35(46)30(13-11-27-17-21-43(22-18-27)37(48)49)14-12-28-19-23-44(24-20-28)38(50)54-39(2,3)4/h6-10,15-16,27-28,30-31,42H,5,11-14,17-26H2,1-4H3,(H,40,45)(H,41,46)(H,48,49)/t30?,31-/m0/s1. The average molecular weight is 820 g/mol. The molecule has 0 spiro atoms. The Hall–Kier alpha value is -4.22. The van der Waals surface area contributed by atoms with Gasteiger partial charge in [-0.3, -0.25) is 14.4 Å². The van der Waals surface area contributed by atoms with Crippen LogP contribution in [-0.4, -0.2) is 111 Å². The number of thiophene rings is 1. The number of carbonyl (C=O) groups is 5. The summed E-state index contributed by atoms with van der Waals surface area (Å²) in [4.78, 5) is 67.1. The third kappa shape index (κ3) is 14.1. The quantitative estimate of drug-likeness (QED) is 0.156. The zero-order chi connectivity index (χ0) is 40.9. The smallest absolute Gasteiger partial charge is 0.410 e. The number of carbonyl (C=O) groups excluding carboxylic acids is 4. The lowest BCUT2D eigenvalue weighted by molar-refractivity contribution is -0.145. The number of piperidine rings is 2. The van der Waals surface area contributed by atoms with Gasteiger partial charge in [-0.2, -0.15) is 4.72 Å². The van der Waals surface area contributed by atoms with Crippen molar-refractivity contribution < 1.29 is 47.0 Å². The minimum atomic E-state index is -4.16. The molecule has 2 saturated heterocycles. The molecule has 4 rings (SSSR count). The first-order chi connectivity index (χ1) is 26.5. The van der Waals surface area contributed by atoms with Gasteiger partial charge in [-0.25, -0.2) is 18.0 Å². The number of nitrogens with zero attached hydrogens (tertiary/aromatic N) is 2. The predicted octanol–water partition coefficient (Wildman–Crippen LogP) is 5.07. The van der Waals surface area contributed by atoms with Gasteiger partial charge in [-0.05, 0) is 109 Å². The molecule has 1 aromatic carbocycles. The number of benzene rings is 1. The summed E-state index contributed by atoms with van der Waals surface area (Å²) < 4.78 is 39.6. The molecule has 15 nitrogen and oxygen atoms in total. The third-order valence-corrected chi connectivity index (χ3v) is 13.2. The van der Waals surface area contributed by atoms with E-state index in [1.54, 1.807) is 17.9 Å². The Labute approximate surface area is 333 Å². The second kappa shape index (κ2) is 20.8. The monoisotopic (exact) mass is 819 g/mol. The number of rotatable bonds is 17. The summed E-state index contributed by atoms with van der Waals surface area (Å²) in [6.45, 7) is 8.37. The number of amides is 4. The van der Waals surface area contributed by atoms with E-state index < -0.39 is 52.1 Å². The van der Waals surface area contributed by atoms with E-state index in [1.165, 1.54) is 11.0 Å². The van der Waals surface area contributed by atoms with Crippen LogP contribution in [0, 0.1) is 17.8 Å². The van der Waals surface area contributed by atoms with E-state index >= 15 is 0 Å². The van der Waals surface area contributed by atoms with Gasteiger partial charge in [0, 0.05) is 43.5 Å². The number of likely N-dealkylation sites (tertiary alicyclic amines) is 2. The molecule has 17 heteroatoms. The first-order valence-corrected chi connectivity index (χ1v) is 21.7. The predicted molar refractivity (Wildman–Crippen MR) is 211 cm³/mol. The van der Waals surface area contributed by atoms with Gasteiger partial charge in [0.2, 0.25) is 11.8 Å². The minimum absolute atomic E-state index is 0.00113. The molecule has 2 fully saturated rings. The van der Waals surface area contributed by atoms with E-state index in [2.05, 4.69) is 15.4 Å². The first kappa shape index (κ1) is 44.5. The molecular weight excluding hydrogens is 763 g/mol. The summed E-state index contributed by atoms with van der Waals surface area (Å²) in [5.74, 6) is -1.55. The average Bonchev–Trinajstić information content (AvgIpc) is 3.68. The van der Waals surface area contributed by atoms with E-state index in [0.717, 1.165) is 60.3 Å². The van der Waals surface area contributed by atoms with Crippen molar-refractivity contribution in [3.8, 4) is 10.4 Å². The van der Waals surface area contributed by atoms with Crippen LogP contribution in [0.15, 0.2) is 46.7 Å². The van der Waals surface area contributed by atoms with Crippen molar-refractivity contribution in [1.82, 2.24) is 25.2 Å². The summed E-state index contributed by atoms with van der Waals surface area (Å²) in [6, 6.07) is 11.0. The van der Waals surface area contributed by atoms with Gasteiger partial charge in [0.25, 0.3) is 10.0 Å². The molecule has 0 aliphatic carbocycles. The highest BCUT2D eigenvalue weighted by atomic mass is 32.2. The molecule has 0 saturated carbocycles. The fourth-order valence-corrected chi connectivity index (χ4v) is 9.41. The van der Waals surface area contributed by atoms with Crippen LogP contribution in [-0.2, 0) is 33.9 Å². The zero-order valence-corrected chi connectivity index (χ0v) is 34.4. The van der Waals surface area contributed by atoms with Gasteiger partial charge in [0.05, 0.1) is 13.2 Å². The maximum atomic E-state index is 13.6. The number of nitrogens with one attached hydrogen (secondary N) is 3. The van der Waals surface area contributed by atoms with Gasteiger partial charge in [0.1, 0.15) is 15.9 Å². The molecule has 310 valence electrons. The Balaban J connectivity index is 1.31. The molecular formula is C39H57N5O10S2. The summed E-state index contributed by atoms with van der Waals surface area (Å²) in [7, 11) is -4.16. The van der Waals surface area contributed by atoms with Crippen LogP contribution in [0.5, 0.6) is 0 Å². The summed E-state index contributed by atoms with van der Waals surface area (Å²) in [5, 5.41) is 14.6. The fourth-order valence-electron chi connectivity index (χ4n) is 6.90. The molecule has 2 aliphatic heterocycles. The number of ether oxygens (including phenoxy) is 2. The number of sulfonamides is 1. The lowest BCUT2D eigenvalue weighted by Gasteiger charge is -2.34. The first-order valence-electron chi connectivity index (χ1n) is 19.4. The molecule has 3 heterocycles. The molecule has 56 heavy (non-hydrogen) atoms. The second-order valence-corrected chi connectivity index (χ2v) is 18.4.